The summed E-state index contributed by atoms with van der Waals surface area (Å²) in [7, 11) is 0. The standard InChI is InChI=1S/C19H27N3O/c1-4-23-18-11-8-12-21(13-18)14-19-15(2)20-22(16(19)3)17-9-6-5-7-10-17/h5-7,9-10,18H,4,8,11-14H2,1-3H3. The molecule has 2 heterocycles. The maximum atomic E-state index is 5.82. The average molecular weight is 313 g/mol. The molecule has 0 aliphatic carbocycles. The highest BCUT2D eigenvalue weighted by Crippen LogP contribution is 2.22. The minimum atomic E-state index is 0.388. The molecule has 1 aliphatic rings. The molecule has 1 fully saturated rings. The number of aromatic nitrogens is 2. The first-order chi connectivity index (χ1) is 11.2. The normalized spacial score (nSPS) is 19.2. The van der Waals surface area contributed by atoms with Crippen LogP contribution in [0.1, 0.15) is 36.7 Å². The molecule has 1 unspecified atom stereocenters. The van der Waals surface area contributed by atoms with E-state index in [4.69, 9.17) is 9.84 Å². The maximum Gasteiger partial charge on any atom is 0.0702 e. The number of likely N-dealkylation sites (tertiary alicyclic amines) is 1. The second-order valence-corrected chi connectivity index (χ2v) is 6.35. The van der Waals surface area contributed by atoms with Gasteiger partial charge in [-0.25, -0.2) is 4.68 Å². The number of nitrogens with zero attached hydrogens (tertiary/aromatic N) is 3. The second-order valence-electron chi connectivity index (χ2n) is 6.35. The van der Waals surface area contributed by atoms with Crippen molar-refractivity contribution >= 4 is 0 Å². The number of rotatable bonds is 5. The lowest BCUT2D eigenvalue weighted by Crippen LogP contribution is -2.39. The fourth-order valence-corrected chi connectivity index (χ4v) is 3.48. The molecule has 0 amide bonds. The van der Waals surface area contributed by atoms with E-state index >= 15 is 0 Å². The lowest BCUT2D eigenvalue weighted by molar-refractivity contribution is 0.00353. The van der Waals surface area contributed by atoms with Crippen molar-refractivity contribution in [3.05, 3.63) is 47.3 Å². The summed E-state index contributed by atoms with van der Waals surface area (Å²) >= 11 is 0. The van der Waals surface area contributed by atoms with Crippen molar-refractivity contribution in [1.29, 1.82) is 0 Å². The Labute approximate surface area is 139 Å². The molecule has 1 atom stereocenters. The van der Waals surface area contributed by atoms with Gasteiger partial charge >= 0.3 is 0 Å². The number of hydrogen-bond acceptors (Lipinski definition) is 3. The van der Waals surface area contributed by atoms with E-state index in [2.05, 4.69) is 54.6 Å². The molecule has 23 heavy (non-hydrogen) atoms. The molecule has 3 rings (SSSR count). The van der Waals surface area contributed by atoms with Crippen LogP contribution < -0.4 is 0 Å². The first kappa shape index (κ1) is 16.2. The summed E-state index contributed by atoms with van der Waals surface area (Å²) in [6.45, 7) is 10.3. The molecule has 4 nitrogen and oxygen atoms in total. The molecule has 2 aromatic rings. The van der Waals surface area contributed by atoms with Crippen LogP contribution in [-0.4, -0.2) is 40.5 Å². The fourth-order valence-electron chi connectivity index (χ4n) is 3.48. The zero-order valence-corrected chi connectivity index (χ0v) is 14.5. The Morgan fingerprint density at radius 2 is 2.00 bits per heavy atom. The van der Waals surface area contributed by atoms with Gasteiger partial charge in [0.05, 0.1) is 17.5 Å². The largest absolute Gasteiger partial charge is 0.377 e. The minimum Gasteiger partial charge on any atom is -0.377 e. The van der Waals surface area contributed by atoms with Crippen molar-refractivity contribution in [2.24, 2.45) is 0 Å². The first-order valence-electron chi connectivity index (χ1n) is 8.63. The molecular formula is C19H27N3O. The van der Waals surface area contributed by atoms with Gasteiger partial charge in [0.1, 0.15) is 0 Å². The Morgan fingerprint density at radius 3 is 2.74 bits per heavy atom. The van der Waals surface area contributed by atoms with Crippen LogP contribution in [0.3, 0.4) is 0 Å². The van der Waals surface area contributed by atoms with Gasteiger partial charge in [0.2, 0.25) is 0 Å². The van der Waals surface area contributed by atoms with Crippen molar-refractivity contribution < 1.29 is 4.74 Å². The van der Waals surface area contributed by atoms with Crippen LogP contribution in [0.4, 0.5) is 0 Å². The van der Waals surface area contributed by atoms with Crippen LogP contribution in [0, 0.1) is 13.8 Å². The van der Waals surface area contributed by atoms with Gasteiger partial charge in [-0.15, -0.1) is 0 Å². The zero-order valence-electron chi connectivity index (χ0n) is 14.5. The number of benzene rings is 1. The molecule has 1 aromatic carbocycles. The van der Waals surface area contributed by atoms with Crippen LogP contribution >= 0.6 is 0 Å². The van der Waals surface area contributed by atoms with E-state index in [0.29, 0.717) is 6.10 Å². The molecular weight excluding hydrogens is 286 g/mol. The van der Waals surface area contributed by atoms with E-state index in [1.54, 1.807) is 0 Å². The minimum absolute atomic E-state index is 0.388. The molecule has 0 N–H and O–H groups in total. The van der Waals surface area contributed by atoms with Crippen LogP contribution in [0.5, 0.6) is 0 Å². The van der Waals surface area contributed by atoms with Crippen molar-refractivity contribution in [3.63, 3.8) is 0 Å². The summed E-state index contributed by atoms with van der Waals surface area (Å²) < 4.78 is 7.89. The Balaban J connectivity index is 1.77. The van der Waals surface area contributed by atoms with Crippen molar-refractivity contribution in [2.45, 2.75) is 46.3 Å². The van der Waals surface area contributed by atoms with Crippen LogP contribution in [-0.2, 0) is 11.3 Å². The van der Waals surface area contributed by atoms with Crippen LogP contribution in [0.15, 0.2) is 30.3 Å². The Hall–Kier alpha value is -1.65. The molecule has 0 spiro atoms. The predicted octanol–water partition coefficient (Wildman–Crippen LogP) is 3.49. The number of hydrogen-bond donors (Lipinski definition) is 0. The van der Waals surface area contributed by atoms with Gasteiger partial charge in [0.15, 0.2) is 0 Å². The molecule has 4 heteroatoms. The highest BCUT2D eigenvalue weighted by Gasteiger charge is 2.22. The Morgan fingerprint density at radius 1 is 1.22 bits per heavy atom. The summed E-state index contributed by atoms with van der Waals surface area (Å²) in [5.74, 6) is 0. The monoisotopic (exact) mass is 313 g/mol. The summed E-state index contributed by atoms with van der Waals surface area (Å²) in [5, 5.41) is 4.76. The average Bonchev–Trinajstić information content (AvgIpc) is 2.85. The molecule has 0 saturated carbocycles. The van der Waals surface area contributed by atoms with E-state index < -0.39 is 0 Å². The van der Waals surface area contributed by atoms with Crippen LogP contribution in [0.25, 0.3) is 5.69 Å². The van der Waals surface area contributed by atoms with Gasteiger partial charge in [0.25, 0.3) is 0 Å². The Bertz CT molecular complexity index is 634. The molecule has 1 saturated heterocycles. The number of para-hydroxylation sites is 1. The van der Waals surface area contributed by atoms with Crippen molar-refractivity contribution in [3.8, 4) is 5.69 Å². The SMILES string of the molecule is CCOC1CCCN(Cc2c(C)nn(-c3ccccc3)c2C)C1. The summed E-state index contributed by atoms with van der Waals surface area (Å²) in [6, 6.07) is 10.4. The predicted molar refractivity (Wildman–Crippen MR) is 93.0 cm³/mol. The van der Waals surface area contributed by atoms with Crippen LogP contribution in [0.2, 0.25) is 0 Å². The molecule has 0 radical (unpaired) electrons. The lowest BCUT2D eigenvalue weighted by atomic mass is 10.1. The van der Waals surface area contributed by atoms with E-state index in [-0.39, 0.29) is 0 Å². The maximum absolute atomic E-state index is 5.82. The van der Waals surface area contributed by atoms with Gasteiger partial charge in [0, 0.05) is 31.0 Å². The topological polar surface area (TPSA) is 30.3 Å². The number of piperidine rings is 1. The highest BCUT2D eigenvalue weighted by molar-refractivity contribution is 5.36. The van der Waals surface area contributed by atoms with Gasteiger partial charge < -0.3 is 4.74 Å². The Kier molecular flexibility index (Phi) is 5.13. The molecule has 124 valence electrons. The van der Waals surface area contributed by atoms with Crippen molar-refractivity contribution in [2.75, 3.05) is 19.7 Å². The third-order valence-electron chi connectivity index (χ3n) is 4.69. The van der Waals surface area contributed by atoms with E-state index in [1.807, 2.05) is 6.07 Å². The van der Waals surface area contributed by atoms with Gasteiger partial charge in [-0.1, -0.05) is 18.2 Å². The lowest BCUT2D eigenvalue weighted by Gasteiger charge is -2.32. The summed E-state index contributed by atoms with van der Waals surface area (Å²) in [6.07, 6.45) is 2.79. The summed E-state index contributed by atoms with van der Waals surface area (Å²) in [4.78, 5) is 2.51. The second kappa shape index (κ2) is 7.28. The third kappa shape index (κ3) is 3.65. The number of ether oxygens (including phenoxy) is 1. The summed E-state index contributed by atoms with van der Waals surface area (Å²) in [5.41, 5.74) is 4.85. The van der Waals surface area contributed by atoms with Gasteiger partial charge in [-0.2, -0.15) is 5.10 Å². The van der Waals surface area contributed by atoms with E-state index in [1.165, 1.54) is 24.1 Å². The third-order valence-corrected chi connectivity index (χ3v) is 4.69. The zero-order chi connectivity index (χ0) is 16.2. The molecule has 1 aliphatic heterocycles. The smallest absolute Gasteiger partial charge is 0.0702 e. The fraction of sp³-hybridized carbons (Fsp3) is 0.526. The highest BCUT2D eigenvalue weighted by atomic mass is 16.5. The van der Waals surface area contributed by atoms with Gasteiger partial charge in [-0.3, -0.25) is 4.90 Å². The first-order valence-corrected chi connectivity index (χ1v) is 8.63. The quantitative estimate of drug-likeness (QED) is 0.846. The van der Waals surface area contributed by atoms with E-state index in [0.717, 1.165) is 37.6 Å². The van der Waals surface area contributed by atoms with Gasteiger partial charge in [-0.05, 0) is 52.3 Å². The molecule has 0 bridgehead atoms. The van der Waals surface area contributed by atoms with E-state index in [9.17, 15) is 0 Å². The van der Waals surface area contributed by atoms with Crippen molar-refractivity contribution in [1.82, 2.24) is 14.7 Å². The number of aryl methyl sites for hydroxylation is 1. The molecule has 1 aromatic heterocycles.